The molecular weight excluding hydrogens is 214 g/mol. The third-order valence-electron chi connectivity index (χ3n) is 2.96. The second kappa shape index (κ2) is 10.6. The molecule has 0 aromatic carbocycles. The Bertz CT molecular complexity index is 195. The Morgan fingerprint density at radius 1 is 1.18 bits per heavy atom. The molecule has 0 aliphatic rings. The maximum Gasteiger partial charge on any atom is 0.323 e. The van der Waals surface area contributed by atoms with Crippen LogP contribution < -0.4 is 5.32 Å². The van der Waals surface area contributed by atoms with E-state index in [9.17, 15) is 4.79 Å². The van der Waals surface area contributed by atoms with Gasteiger partial charge in [-0.15, -0.1) is 0 Å². The lowest BCUT2D eigenvalue weighted by molar-refractivity contribution is -0.146. The summed E-state index contributed by atoms with van der Waals surface area (Å²) < 4.78 is 5.04. The van der Waals surface area contributed by atoms with E-state index in [1.54, 1.807) is 0 Å². The van der Waals surface area contributed by atoms with Gasteiger partial charge < -0.3 is 10.1 Å². The SMILES string of the molecule is CCCCCCC(C)NC(CC)C(=O)OCC. The third kappa shape index (κ3) is 8.19. The largest absolute Gasteiger partial charge is 0.465 e. The first kappa shape index (κ1) is 16.4. The molecule has 0 bridgehead atoms. The van der Waals surface area contributed by atoms with Crippen LogP contribution in [0.3, 0.4) is 0 Å². The van der Waals surface area contributed by atoms with Gasteiger partial charge in [0.25, 0.3) is 0 Å². The zero-order valence-electron chi connectivity index (χ0n) is 11.9. The van der Waals surface area contributed by atoms with Gasteiger partial charge in [0.1, 0.15) is 6.04 Å². The molecule has 0 aliphatic heterocycles. The van der Waals surface area contributed by atoms with Gasteiger partial charge >= 0.3 is 5.97 Å². The molecule has 0 saturated carbocycles. The highest BCUT2D eigenvalue weighted by molar-refractivity contribution is 5.75. The van der Waals surface area contributed by atoms with Gasteiger partial charge in [0.05, 0.1) is 6.61 Å². The van der Waals surface area contributed by atoms with E-state index < -0.39 is 0 Å². The predicted octanol–water partition coefficient (Wildman–Crippen LogP) is 3.28. The Morgan fingerprint density at radius 2 is 1.88 bits per heavy atom. The Kier molecular flexibility index (Phi) is 10.2. The Balaban J connectivity index is 3.81. The number of rotatable bonds is 10. The normalized spacial score (nSPS) is 14.4. The lowest BCUT2D eigenvalue weighted by Gasteiger charge is -2.20. The molecule has 0 saturated heterocycles. The summed E-state index contributed by atoms with van der Waals surface area (Å²) in [6.07, 6.45) is 7.03. The quantitative estimate of drug-likeness (QED) is 0.473. The van der Waals surface area contributed by atoms with E-state index in [2.05, 4.69) is 19.2 Å². The minimum atomic E-state index is -0.142. The molecule has 102 valence electrons. The zero-order chi connectivity index (χ0) is 13.1. The van der Waals surface area contributed by atoms with Crippen molar-refractivity contribution in [1.82, 2.24) is 5.32 Å². The van der Waals surface area contributed by atoms with Gasteiger partial charge in [0.2, 0.25) is 0 Å². The highest BCUT2D eigenvalue weighted by Gasteiger charge is 2.18. The van der Waals surface area contributed by atoms with Crippen molar-refractivity contribution in [2.45, 2.75) is 78.3 Å². The topological polar surface area (TPSA) is 38.3 Å². The second-order valence-electron chi connectivity index (χ2n) is 4.63. The van der Waals surface area contributed by atoms with Crippen molar-refractivity contribution in [2.75, 3.05) is 6.61 Å². The molecule has 0 aliphatic carbocycles. The van der Waals surface area contributed by atoms with Gasteiger partial charge in [0.15, 0.2) is 0 Å². The fourth-order valence-electron chi connectivity index (χ4n) is 1.90. The average molecular weight is 243 g/mol. The monoisotopic (exact) mass is 243 g/mol. The van der Waals surface area contributed by atoms with Crippen LogP contribution >= 0.6 is 0 Å². The van der Waals surface area contributed by atoms with Gasteiger partial charge in [-0.1, -0.05) is 39.5 Å². The molecule has 0 aromatic heterocycles. The number of nitrogens with one attached hydrogen (secondary N) is 1. The minimum absolute atomic E-state index is 0.115. The number of carbonyl (C=O) groups excluding carboxylic acids is 1. The van der Waals surface area contributed by atoms with Crippen LogP contribution in [0.1, 0.15) is 66.2 Å². The molecule has 1 N–H and O–H groups in total. The molecule has 3 nitrogen and oxygen atoms in total. The van der Waals surface area contributed by atoms with E-state index in [1.807, 2.05) is 13.8 Å². The summed E-state index contributed by atoms with van der Waals surface area (Å²) in [6, 6.07) is 0.248. The lowest BCUT2D eigenvalue weighted by Crippen LogP contribution is -2.42. The van der Waals surface area contributed by atoms with Crippen LogP contribution in [0.4, 0.5) is 0 Å². The number of hydrogen-bond donors (Lipinski definition) is 1. The summed E-state index contributed by atoms with van der Waals surface area (Å²) in [7, 11) is 0. The fraction of sp³-hybridized carbons (Fsp3) is 0.929. The van der Waals surface area contributed by atoms with Crippen molar-refractivity contribution in [3.05, 3.63) is 0 Å². The molecule has 0 heterocycles. The molecule has 0 aromatic rings. The molecule has 17 heavy (non-hydrogen) atoms. The van der Waals surface area contributed by atoms with Crippen LogP contribution in [0.2, 0.25) is 0 Å². The molecule has 0 fully saturated rings. The Morgan fingerprint density at radius 3 is 2.41 bits per heavy atom. The maximum atomic E-state index is 11.6. The summed E-state index contributed by atoms with van der Waals surface area (Å²) >= 11 is 0. The van der Waals surface area contributed by atoms with Crippen LogP contribution in [0.5, 0.6) is 0 Å². The zero-order valence-corrected chi connectivity index (χ0v) is 11.9. The third-order valence-corrected chi connectivity index (χ3v) is 2.96. The predicted molar refractivity (Wildman–Crippen MR) is 72.1 cm³/mol. The van der Waals surface area contributed by atoms with Crippen LogP contribution in [0.25, 0.3) is 0 Å². The van der Waals surface area contributed by atoms with Crippen molar-refractivity contribution >= 4 is 5.97 Å². The van der Waals surface area contributed by atoms with Crippen molar-refractivity contribution in [3.8, 4) is 0 Å². The smallest absolute Gasteiger partial charge is 0.323 e. The molecule has 3 heteroatoms. The summed E-state index contributed by atoms with van der Waals surface area (Å²) in [6.45, 7) is 8.68. The van der Waals surface area contributed by atoms with E-state index in [-0.39, 0.29) is 12.0 Å². The summed E-state index contributed by atoms with van der Waals surface area (Å²) in [4.78, 5) is 11.6. The highest BCUT2D eigenvalue weighted by atomic mass is 16.5. The van der Waals surface area contributed by atoms with Crippen LogP contribution in [0.15, 0.2) is 0 Å². The van der Waals surface area contributed by atoms with E-state index in [1.165, 1.54) is 25.7 Å². The number of unbranched alkanes of at least 4 members (excludes halogenated alkanes) is 3. The van der Waals surface area contributed by atoms with Crippen LogP contribution in [-0.4, -0.2) is 24.7 Å². The van der Waals surface area contributed by atoms with Gasteiger partial charge in [-0.3, -0.25) is 4.79 Å². The number of hydrogen-bond acceptors (Lipinski definition) is 3. The van der Waals surface area contributed by atoms with Crippen molar-refractivity contribution in [2.24, 2.45) is 0 Å². The number of esters is 1. The molecule has 0 radical (unpaired) electrons. The van der Waals surface area contributed by atoms with Gasteiger partial charge in [-0.05, 0) is 26.7 Å². The molecule has 0 amide bonds. The molecule has 0 rings (SSSR count). The van der Waals surface area contributed by atoms with Crippen LogP contribution in [0, 0.1) is 0 Å². The standard InChI is InChI=1S/C14H29NO2/c1-5-8-9-10-11-12(4)15-13(6-2)14(16)17-7-3/h12-13,15H,5-11H2,1-4H3. The summed E-state index contributed by atoms with van der Waals surface area (Å²) in [5.41, 5.74) is 0. The van der Waals surface area contributed by atoms with Crippen molar-refractivity contribution in [3.63, 3.8) is 0 Å². The Labute approximate surface area is 106 Å². The second-order valence-corrected chi connectivity index (χ2v) is 4.63. The maximum absolute atomic E-state index is 11.6. The fourth-order valence-corrected chi connectivity index (χ4v) is 1.90. The minimum Gasteiger partial charge on any atom is -0.465 e. The van der Waals surface area contributed by atoms with E-state index in [0.717, 1.165) is 12.8 Å². The Hall–Kier alpha value is -0.570. The van der Waals surface area contributed by atoms with Crippen molar-refractivity contribution < 1.29 is 9.53 Å². The van der Waals surface area contributed by atoms with Gasteiger partial charge in [-0.25, -0.2) is 0 Å². The first-order valence-corrected chi connectivity index (χ1v) is 7.08. The highest BCUT2D eigenvalue weighted by Crippen LogP contribution is 2.07. The average Bonchev–Trinajstić information content (AvgIpc) is 2.32. The molecule has 2 atom stereocenters. The lowest BCUT2D eigenvalue weighted by atomic mass is 10.1. The molecular formula is C14H29NO2. The summed E-state index contributed by atoms with van der Waals surface area (Å²) in [5.74, 6) is -0.115. The summed E-state index contributed by atoms with van der Waals surface area (Å²) in [5, 5.41) is 3.35. The van der Waals surface area contributed by atoms with Gasteiger partial charge in [-0.2, -0.15) is 0 Å². The van der Waals surface area contributed by atoms with Crippen molar-refractivity contribution in [1.29, 1.82) is 0 Å². The van der Waals surface area contributed by atoms with E-state index >= 15 is 0 Å². The molecule has 0 spiro atoms. The first-order chi connectivity index (χ1) is 8.15. The molecule has 2 unspecified atom stereocenters. The first-order valence-electron chi connectivity index (χ1n) is 7.08. The number of carbonyl (C=O) groups is 1. The van der Waals surface area contributed by atoms with Crippen LogP contribution in [-0.2, 0) is 9.53 Å². The number of ether oxygens (including phenoxy) is 1. The van der Waals surface area contributed by atoms with E-state index in [0.29, 0.717) is 12.6 Å². The van der Waals surface area contributed by atoms with Gasteiger partial charge in [0, 0.05) is 6.04 Å². The van der Waals surface area contributed by atoms with E-state index in [4.69, 9.17) is 4.74 Å².